The van der Waals surface area contributed by atoms with Gasteiger partial charge in [0.1, 0.15) is 17.5 Å². The molecule has 0 aliphatic rings. The predicted molar refractivity (Wildman–Crippen MR) is 79.1 cm³/mol. The lowest BCUT2D eigenvalue weighted by molar-refractivity contribution is 0.506. The highest BCUT2D eigenvalue weighted by atomic mass is 79.9. The minimum Gasteiger partial charge on any atom is -0.309 e. The highest BCUT2D eigenvalue weighted by Gasteiger charge is 2.24. The Morgan fingerprint density at radius 3 is 2.20 bits per heavy atom. The zero-order valence-corrected chi connectivity index (χ0v) is 13.5. The Hall–Kier alpha value is -0.850. The summed E-state index contributed by atoms with van der Waals surface area (Å²) in [6.45, 7) is 0. The highest BCUT2D eigenvalue weighted by Crippen LogP contribution is 2.32. The second-order valence-corrected chi connectivity index (χ2v) is 5.92. The molecule has 2 rings (SSSR count). The lowest BCUT2D eigenvalue weighted by Gasteiger charge is -2.20. The molecule has 0 heterocycles. The molecule has 0 spiro atoms. The molecule has 2 aromatic carbocycles. The van der Waals surface area contributed by atoms with Gasteiger partial charge >= 0.3 is 0 Å². The molecule has 0 amide bonds. The van der Waals surface area contributed by atoms with Crippen LogP contribution in [0.2, 0.25) is 0 Å². The van der Waals surface area contributed by atoms with Gasteiger partial charge in [-0.3, -0.25) is 0 Å². The maximum Gasteiger partial charge on any atom is 0.142 e. The van der Waals surface area contributed by atoms with Crippen molar-refractivity contribution in [2.45, 2.75) is 6.04 Å². The number of hydrogen-bond acceptors (Lipinski definition) is 1. The van der Waals surface area contributed by atoms with Crippen molar-refractivity contribution in [3.8, 4) is 0 Å². The van der Waals surface area contributed by atoms with Crippen molar-refractivity contribution < 1.29 is 13.2 Å². The largest absolute Gasteiger partial charge is 0.309 e. The van der Waals surface area contributed by atoms with Crippen molar-refractivity contribution in [2.24, 2.45) is 0 Å². The Morgan fingerprint density at radius 2 is 1.65 bits per heavy atom. The van der Waals surface area contributed by atoms with E-state index >= 15 is 0 Å². The van der Waals surface area contributed by atoms with Crippen molar-refractivity contribution in [2.75, 3.05) is 7.05 Å². The minimum absolute atomic E-state index is 0.169. The van der Waals surface area contributed by atoms with E-state index in [1.165, 1.54) is 19.2 Å². The number of benzene rings is 2. The van der Waals surface area contributed by atoms with Crippen molar-refractivity contribution >= 4 is 31.9 Å². The molecule has 20 heavy (non-hydrogen) atoms. The number of nitrogens with one attached hydrogen (secondary N) is 1. The predicted octanol–water partition coefficient (Wildman–Crippen LogP) is 4.94. The van der Waals surface area contributed by atoms with Gasteiger partial charge in [0.15, 0.2) is 0 Å². The maximum atomic E-state index is 14.1. The lowest BCUT2D eigenvalue weighted by atomic mass is 9.97. The Balaban J connectivity index is 2.62. The second kappa shape index (κ2) is 6.28. The summed E-state index contributed by atoms with van der Waals surface area (Å²) in [6.07, 6.45) is 0. The van der Waals surface area contributed by atoms with Gasteiger partial charge in [-0.15, -0.1) is 0 Å². The van der Waals surface area contributed by atoms with Crippen molar-refractivity contribution in [1.29, 1.82) is 0 Å². The summed E-state index contributed by atoms with van der Waals surface area (Å²) in [6, 6.07) is 6.02. The Labute approximate surface area is 131 Å². The molecule has 1 N–H and O–H groups in total. The summed E-state index contributed by atoms with van der Waals surface area (Å²) in [7, 11) is 1.52. The molecule has 106 valence electrons. The van der Waals surface area contributed by atoms with Crippen LogP contribution in [0.1, 0.15) is 17.2 Å². The van der Waals surface area contributed by atoms with E-state index in [9.17, 15) is 13.2 Å². The first kappa shape index (κ1) is 15.5. The van der Waals surface area contributed by atoms with Crippen molar-refractivity contribution in [1.82, 2.24) is 5.32 Å². The van der Waals surface area contributed by atoms with Crippen molar-refractivity contribution in [3.05, 3.63) is 67.9 Å². The summed E-state index contributed by atoms with van der Waals surface area (Å²) < 4.78 is 42.7. The van der Waals surface area contributed by atoms with Gasteiger partial charge in [-0.25, -0.2) is 13.2 Å². The molecule has 0 aliphatic heterocycles. The second-order valence-electron chi connectivity index (χ2n) is 4.15. The quantitative estimate of drug-likeness (QED) is 0.758. The summed E-state index contributed by atoms with van der Waals surface area (Å²) >= 11 is 6.09. The van der Waals surface area contributed by atoms with E-state index < -0.39 is 23.5 Å². The van der Waals surface area contributed by atoms with Gasteiger partial charge in [0, 0.05) is 15.6 Å². The van der Waals surface area contributed by atoms with Gasteiger partial charge in [0.05, 0.1) is 10.5 Å². The molecule has 1 atom stereocenters. The summed E-state index contributed by atoms with van der Waals surface area (Å²) in [5.41, 5.74) is -0.0466. The third-order valence-corrected chi connectivity index (χ3v) is 3.98. The van der Waals surface area contributed by atoms with Gasteiger partial charge in [0.2, 0.25) is 0 Å². The molecule has 0 saturated heterocycles. The van der Waals surface area contributed by atoms with Gasteiger partial charge in [-0.2, -0.15) is 0 Å². The molecule has 0 bridgehead atoms. The summed E-state index contributed by atoms with van der Waals surface area (Å²) in [5, 5.41) is 2.75. The first-order valence-electron chi connectivity index (χ1n) is 5.71. The van der Waals surface area contributed by atoms with Gasteiger partial charge in [-0.1, -0.05) is 28.1 Å². The molecule has 2 aromatic rings. The maximum absolute atomic E-state index is 14.1. The zero-order chi connectivity index (χ0) is 14.9. The van der Waals surface area contributed by atoms with Gasteiger partial charge < -0.3 is 5.32 Å². The zero-order valence-electron chi connectivity index (χ0n) is 10.4. The van der Waals surface area contributed by atoms with Crippen molar-refractivity contribution in [3.63, 3.8) is 0 Å². The van der Waals surface area contributed by atoms with Crippen LogP contribution in [0.4, 0.5) is 13.2 Å². The average Bonchev–Trinajstić information content (AvgIpc) is 2.37. The Kier molecular flexibility index (Phi) is 4.88. The topological polar surface area (TPSA) is 12.0 Å². The first-order chi connectivity index (χ1) is 9.45. The van der Waals surface area contributed by atoms with Gasteiger partial charge in [-0.05, 0) is 41.2 Å². The van der Waals surface area contributed by atoms with Crippen LogP contribution in [0, 0.1) is 17.5 Å². The standard InChI is InChI=1S/C14H10Br2F3N/c1-20-14(8-3-2-4-9(16)13(8)19)12-10(17)5-7(15)6-11(12)18/h2-6,14,20H,1H3. The number of hydrogen-bond donors (Lipinski definition) is 1. The third-order valence-electron chi connectivity index (χ3n) is 2.91. The van der Waals surface area contributed by atoms with Crippen LogP contribution in [0.15, 0.2) is 39.3 Å². The molecule has 0 aromatic heterocycles. The molecule has 0 aliphatic carbocycles. The van der Waals surface area contributed by atoms with Crippen LogP contribution in [0.5, 0.6) is 0 Å². The Morgan fingerprint density at radius 1 is 1.05 bits per heavy atom. The summed E-state index contributed by atoms with van der Waals surface area (Å²) in [4.78, 5) is 0. The number of halogens is 5. The van der Waals surface area contributed by atoms with E-state index in [0.29, 0.717) is 4.47 Å². The molecule has 0 fully saturated rings. The van der Waals surface area contributed by atoms with E-state index in [1.807, 2.05) is 0 Å². The van der Waals surface area contributed by atoms with E-state index in [0.717, 1.165) is 12.1 Å². The smallest absolute Gasteiger partial charge is 0.142 e. The monoisotopic (exact) mass is 407 g/mol. The third kappa shape index (κ3) is 2.92. The molecule has 1 nitrogen and oxygen atoms in total. The van der Waals surface area contributed by atoms with E-state index in [-0.39, 0.29) is 15.6 Å². The lowest BCUT2D eigenvalue weighted by Crippen LogP contribution is -2.21. The number of rotatable bonds is 3. The SMILES string of the molecule is CNC(c1cccc(Br)c1F)c1c(F)cc(Br)cc1F. The molecule has 0 saturated carbocycles. The fourth-order valence-corrected chi connectivity index (χ4v) is 2.81. The fraction of sp³-hybridized carbons (Fsp3) is 0.143. The van der Waals surface area contributed by atoms with Crippen LogP contribution >= 0.6 is 31.9 Å². The van der Waals surface area contributed by atoms with Gasteiger partial charge in [0.25, 0.3) is 0 Å². The van der Waals surface area contributed by atoms with Crippen LogP contribution in [0.3, 0.4) is 0 Å². The highest BCUT2D eigenvalue weighted by molar-refractivity contribution is 9.10. The van der Waals surface area contributed by atoms with Crippen LogP contribution in [-0.2, 0) is 0 Å². The normalized spacial score (nSPS) is 12.5. The molecule has 0 radical (unpaired) electrons. The first-order valence-corrected chi connectivity index (χ1v) is 7.30. The molecular formula is C14H10Br2F3N. The molecule has 6 heteroatoms. The van der Waals surface area contributed by atoms with E-state index in [2.05, 4.69) is 37.2 Å². The Bertz CT molecular complexity index is 623. The van der Waals surface area contributed by atoms with E-state index in [4.69, 9.17) is 0 Å². The van der Waals surface area contributed by atoms with Crippen LogP contribution < -0.4 is 5.32 Å². The van der Waals surface area contributed by atoms with E-state index in [1.54, 1.807) is 6.07 Å². The fourth-order valence-electron chi connectivity index (χ4n) is 2.03. The molecular weight excluding hydrogens is 399 g/mol. The summed E-state index contributed by atoms with van der Waals surface area (Å²) in [5.74, 6) is -2.03. The average molecular weight is 409 g/mol. The van der Waals surface area contributed by atoms with Crippen LogP contribution in [0.25, 0.3) is 0 Å². The molecule has 1 unspecified atom stereocenters. The minimum atomic E-state index is -0.916. The van der Waals surface area contributed by atoms with Crippen LogP contribution in [-0.4, -0.2) is 7.05 Å².